The number of nitrogens with zero attached hydrogens (tertiary/aromatic N) is 2. The molecule has 1 aromatic heterocycles. The highest BCUT2D eigenvalue weighted by molar-refractivity contribution is 5.92. The molecule has 0 aliphatic carbocycles. The van der Waals surface area contributed by atoms with E-state index >= 15 is 0 Å². The fourth-order valence-electron chi connectivity index (χ4n) is 3.10. The van der Waals surface area contributed by atoms with Crippen LogP contribution in [0, 0.1) is 0 Å². The first-order valence-electron chi connectivity index (χ1n) is 8.84. The highest BCUT2D eigenvalue weighted by Crippen LogP contribution is 2.16. The lowest BCUT2D eigenvalue weighted by Crippen LogP contribution is -2.51. The summed E-state index contributed by atoms with van der Waals surface area (Å²) < 4.78 is 0. The molecule has 5 heteroatoms. The number of nitrogens with one attached hydrogen (secondary N) is 1. The zero-order valence-electron chi connectivity index (χ0n) is 14.9. The normalized spacial score (nSPS) is 14.8. The number of carbonyl (C=O) groups is 2. The minimum Gasteiger partial charge on any atom is -0.357 e. The van der Waals surface area contributed by atoms with Crippen molar-refractivity contribution in [2.45, 2.75) is 26.2 Å². The molecule has 0 bridgehead atoms. The first-order chi connectivity index (χ1) is 12.0. The molecule has 132 valence electrons. The van der Waals surface area contributed by atoms with E-state index in [1.54, 1.807) is 17.2 Å². The van der Waals surface area contributed by atoms with Crippen molar-refractivity contribution < 1.29 is 9.59 Å². The van der Waals surface area contributed by atoms with Gasteiger partial charge in [0.1, 0.15) is 5.69 Å². The van der Waals surface area contributed by atoms with Crippen LogP contribution >= 0.6 is 0 Å². The SMILES string of the molecule is CC(C)c1ccc(CC(=O)N2CCN(C(=O)c3ccc[nH]3)CC2)cc1. The van der Waals surface area contributed by atoms with Crippen LogP contribution in [0.25, 0.3) is 0 Å². The van der Waals surface area contributed by atoms with Crippen molar-refractivity contribution in [2.75, 3.05) is 26.2 Å². The molecule has 1 fully saturated rings. The fourth-order valence-corrected chi connectivity index (χ4v) is 3.10. The Morgan fingerprint density at radius 1 is 1.00 bits per heavy atom. The Bertz CT molecular complexity index is 712. The predicted molar refractivity (Wildman–Crippen MR) is 97.5 cm³/mol. The van der Waals surface area contributed by atoms with E-state index in [1.807, 2.05) is 23.1 Å². The van der Waals surface area contributed by atoms with Crippen molar-refractivity contribution in [1.82, 2.24) is 14.8 Å². The summed E-state index contributed by atoms with van der Waals surface area (Å²) in [4.78, 5) is 31.4. The van der Waals surface area contributed by atoms with Crippen LogP contribution in [-0.4, -0.2) is 52.8 Å². The molecule has 0 radical (unpaired) electrons. The number of benzene rings is 1. The van der Waals surface area contributed by atoms with Crippen LogP contribution in [0.2, 0.25) is 0 Å². The van der Waals surface area contributed by atoms with Gasteiger partial charge in [-0.1, -0.05) is 38.1 Å². The zero-order chi connectivity index (χ0) is 17.8. The predicted octanol–water partition coefficient (Wildman–Crippen LogP) is 2.67. The molecular weight excluding hydrogens is 314 g/mol. The first-order valence-corrected chi connectivity index (χ1v) is 8.84. The van der Waals surface area contributed by atoms with Crippen LogP contribution in [0.4, 0.5) is 0 Å². The smallest absolute Gasteiger partial charge is 0.270 e. The molecule has 2 amide bonds. The third-order valence-corrected chi connectivity index (χ3v) is 4.75. The standard InChI is InChI=1S/C20H25N3O2/c1-15(2)17-7-5-16(6-8-17)14-19(24)22-10-12-23(13-11-22)20(25)18-4-3-9-21-18/h3-9,15,21H,10-14H2,1-2H3. The molecule has 1 aliphatic heterocycles. The molecule has 1 aromatic carbocycles. The highest BCUT2D eigenvalue weighted by atomic mass is 16.2. The van der Waals surface area contributed by atoms with Crippen LogP contribution in [-0.2, 0) is 11.2 Å². The van der Waals surface area contributed by atoms with Gasteiger partial charge in [-0.15, -0.1) is 0 Å². The average molecular weight is 339 g/mol. The maximum absolute atomic E-state index is 12.5. The van der Waals surface area contributed by atoms with E-state index in [-0.39, 0.29) is 11.8 Å². The van der Waals surface area contributed by atoms with Crippen molar-refractivity contribution in [2.24, 2.45) is 0 Å². The van der Waals surface area contributed by atoms with Crippen LogP contribution in [0.3, 0.4) is 0 Å². The van der Waals surface area contributed by atoms with Gasteiger partial charge in [0.05, 0.1) is 6.42 Å². The lowest BCUT2D eigenvalue weighted by molar-refractivity contribution is -0.131. The maximum atomic E-state index is 12.5. The van der Waals surface area contributed by atoms with Crippen molar-refractivity contribution in [3.8, 4) is 0 Å². The summed E-state index contributed by atoms with van der Waals surface area (Å²) in [5.74, 6) is 0.626. The molecule has 25 heavy (non-hydrogen) atoms. The zero-order valence-corrected chi connectivity index (χ0v) is 14.9. The summed E-state index contributed by atoms with van der Waals surface area (Å²) in [6.45, 7) is 6.67. The lowest BCUT2D eigenvalue weighted by Gasteiger charge is -2.34. The largest absolute Gasteiger partial charge is 0.357 e. The topological polar surface area (TPSA) is 56.4 Å². The number of hydrogen-bond donors (Lipinski definition) is 1. The second kappa shape index (κ2) is 7.55. The number of aromatic amines is 1. The Labute approximate surface area is 148 Å². The van der Waals surface area contributed by atoms with Crippen LogP contribution in [0.5, 0.6) is 0 Å². The second-order valence-corrected chi connectivity index (χ2v) is 6.83. The number of amides is 2. The summed E-state index contributed by atoms with van der Waals surface area (Å²) in [5.41, 5.74) is 2.93. The lowest BCUT2D eigenvalue weighted by atomic mass is 10.0. The summed E-state index contributed by atoms with van der Waals surface area (Å²) in [5, 5.41) is 0. The monoisotopic (exact) mass is 339 g/mol. The molecule has 1 aliphatic rings. The molecule has 0 spiro atoms. The molecule has 1 saturated heterocycles. The Morgan fingerprint density at radius 3 is 2.20 bits per heavy atom. The fraction of sp³-hybridized carbons (Fsp3) is 0.400. The molecule has 2 aromatic rings. The molecule has 5 nitrogen and oxygen atoms in total. The number of aromatic nitrogens is 1. The molecule has 3 rings (SSSR count). The van der Waals surface area contributed by atoms with E-state index in [0.29, 0.717) is 44.2 Å². The van der Waals surface area contributed by atoms with E-state index in [0.717, 1.165) is 5.56 Å². The van der Waals surface area contributed by atoms with Gasteiger partial charge in [0, 0.05) is 32.4 Å². The number of piperazine rings is 1. The number of rotatable bonds is 4. The first kappa shape index (κ1) is 17.3. The van der Waals surface area contributed by atoms with Gasteiger partial charge in [-0.05, 0) is 29.2 Å². The van der Waals surface area contributed by atoms with E-state index in [4.69, 9.17) is 0 Å². The summed E-state index contributed by atoms with van der Waals surface area (Å²) in [7, 11) is 0. The van der Waals surface area contributed by atoms with Gasteiger partial charge >= 0.3 is 0 Å². The van der Waals surface area contributed by atoms with Gasteiger partial charge in [0.15, 0.2) is 0 Å². The summed E-state index contributed by atoms with van der Waals surface area (Å²) in [6, 6.07) is 11.9. The van der Waals surface area contributed by atoms with E-state index in [2.05, 4.69) is 31.0 Å². The van der Waals surface area contributed by atoms with Crippen molar-refractivity contribution in [1.29, 1.82) is 0 Å². The van der Waals surface area contributed by atoms with Gasteiger partial charge in [-0.3, -0.25) is 9.59 Å². The molecule has 0 atom stereocenters. The Morgan fingerprint density at radius 2 is 1.64 bits per heavy atom. The summed E-state index contributed by atoms with van der Waals surface area (Å²) >= 11 is 0. The van der Waals surface area contributed by atoms with Crippen molar-refractivity contribution in [3.05, 3.63) is 59.4 Å². The van der Waals surface area contributed by atoms with Crippen molar-refractivity contribution >= 4 is 11.8 Å². The average Bonchev–Trinajstić information content (AvgIpc) is 3.16. The molecule has 1 N–H and O–H groups in total. The van der Waals surface area contributed by atoms with E-state index < -0.39 is 0 Å². The van der Waals surface area contributed by atoms with E-state index in [9.17, 15) is 9.59 Å². The minimum atomic E-state index is 0.00127. The third kappa shape index (κ3) is 4.10. The van der Waals surface area contributed by atoms with Gasteiger partial charge < -0.3 is 14.8 Å². The summed E-state index contributed by atoms with van der Waals surface area (Å²) in [6.07, 6.45) is 2.17. The third-order valence-electron chi connectivity index (χ3n) is 4.75. The minimum absolute atomic E-state index is 0.00127. The molecular formula is C20H25N3O2. The quantitative estimate of drug-likeness (QED) is 0.931. The molecule has 0 saturated carbocycles. The van der Waals surface area contributed by atoms with Crippen LogP contribution < -0.4 is 0 Å². The second-order valence-electron chi connectivity index (χ2n) is 6.83. The number of carbonyl (C=O) groups excluding carboxylic acids is 2. The van der Waals surface area contributed by atoms with Crippen LogP contribution in [0.1, 0.15) is 41.4 Å². The Kier molecular flexibility index (Phi) is 5.22. The van der Waals surface area contributed by atoms with Gasteiger partial charge in [0.2, 0.25) is 5.91 Å². The van der Waals surface area contributed by atoms with Crippen molar-refractivity contribution in [3.63, 3.8) is 0 Å². The van der Waals surface area contributed by atoms with E-state index in [1.165, 1.54) is 5.56 Å². The van der Waals surface area contributed by atoms with Gasteiger partial charge in [-0.2, -0.15) is 0 Å². The molecule has 2 heterocycles. The Balaban J connectivity index is 1.52. The number of hydrogen-bond acceptors (Lipinski definition) is 2. The maximum Gasteiger partial charge on any atom is 0.270 e. The number of H-pyrrole nitrogens is 1. The molecule has 0 unspecified atom stereocenters. The van der Waals surface area contributed by atoms with Gasteiger partial charge in [0.25, 0.3) is 5.91 Å². The van der Waals surface area contributed by atoms with Crippen LogP contribution in [0.15, 0.2) is 42.6 Å². The van der Waals surface area contributed by atoms with Gasteiger partial charge in [-0.25, -0.2) is 0 Å². The Hall–Kier alpha value is -2.56. The highest BCUT2D eigenvalue weighted by Gasteiger charge is 2.25.